The number of nitrogens with zero attached hydrogens (tertiary/aromatic N) is 3. The molecule has 1 saturated heterocycles. The quantitative estimate of drug-likeness (QED) is 0.775. The molecule has 2 heterocycles. The number of aliphatic carboxylic acids is 1. The zero-order valence-corrected chi connectivity index (χ0v) is 8.30. The van der Waals surface area contributed by atoms with Crippen molar-refractivity contribution >= 4 is 5.97 Å². The third-order valence-corrected chi connectivity index (χ3v) is 2.46. The number of aromatic nitrogens is 3. The molecule has 0 amide bonds. The lowest BCUT2D eigenvalue weighted by Crippen LogP contribution is -2.20. The molecule has 0 unspecified atom stereocenters. The molecule has 2 rings (SSSR count). The van der Waals surface area contributed by atoms with Crippen molar-refractivity contribution in [2.45, 2.75) is 25.3 Å². The van der Waals surface area contributed by atoms with Crippen molar-refractivity contribution in [3.63, 3.8) is 0 Å². The van der Waals surface area contributed by atoms with E-state index in [1.54, 1.807) is 10.9 Å². The smallest absolute Gasteiger partial charge is 0.309 e. The van der Waals surface area contributed by atoms with Gasteiger partial charge in [0.15, 0.2) is 0 Å². The molecule has 1 aliphatic heterocycles. The van der Waals surface area contributed by atoms with Crippen molar-refractivity contribution in [2.75, 3.05) is 13.2 Å². The highest BCUT2D eigenvalue weighted by molar-refractivity contribution is 5.69. The summed E-state index contributed by atoms with van der Waals surface area (Å²) < 4.78 is 6.99. The Morgan fingerprint density at radius 1 is 1.60 bits per heavy atom. The Labute approximate surface area is 86.8 Å². The highest BCUT2D eigenvalue weighted by atomic mass is 16.5. The molecule has 1 N–H and O–H groups in total. The largest absolute Gasteiger partial charge is 0.481 e. The summed E-state index contributed by atoms with van der Waals surface area (Å²) >= 11 is 0. The van der Waals surface area contributed by atoms with E-state index in [-0.39, 0.29) is 6.42 Å². The average Bonchev–Trinajstić information content (AvgIpc) is 2.67. The number of rotatable bonds is 3. The van der Waals surface area contributed by atoms with Crippen LogP contribution in [0.5, 0.6) is 0 Å². The molecule has 0 atom stereocenters. The van der Waals surface area contributed by atoms with Gasteiger partial charge >= 0.3 is 5.97 Å². The second-order valence-electron chi connectivity index (χ2n) is 3.60. The summed E-state index contributed by atoms with van der Waals surface area (Å²) in [6, 6.07) is 0.300. The molecule has 0 bridgehead atoms. The first-order valence-corrected chi connectivity index (χ1v) is 4.96. The third-order valence-electron chi connectivity index (χ3n) is 2.46. The van der Waals surface area contributed by atoms with E-state index in [0.717, 1.165) is 26.1 Å². The minimum absolute atomic E-state index is 0.0663. The van der Waals surface area contributed by atoms with E-state index >= 15 is 0 Å². The van der Waals surface area contributed by atoms with Gasteiger partial charge in [-0.05, 0) is 12.8 Å². The van der Waals surface area contributed by atoms with Crippen molar-refractivity contribution in [1.82, 2.24) is 15.0 Å². The van der Waals surface area contributed by atoms with Crippen LogP contribution in [-0.2, 0) is 16.0 Å². The first-order chi connectivity index (χ1) is 7.25. The van der Waals surface area contributed by atoms with Gasteiger partial charge in [0.25, 0.3) is 0 Å². The van der Waals surface area contributed by atoms with E-state index < -0.39 is 5.97 Å². The van der Waals surface area contributed by atoms with Gasteiger partial charge in [0, 0.05) is 19.4 Å². The number of carboxylic acid groups (broad SMARTS) is 1. The minimum Gasteiger partial charge on any atom is -0.481 e. The van der Waals surface area contributed by atoms with Crippen molar-refractivity contribution in [3.05, 3.63) is 11.9 Å². The van der Waals surface area contributed by atoms with Gasteiger partial charge in [-0.3, -0.25) is 4.79 Å². The summed E-state index contributed by atoms with van der Waals surface area (Å²) in [5.74, 6) is -0.881. The Balaban J connectivity index is 2.02. The average molecular weight is 211 g/mol. The number of hydrogen-bond acceptors (Lipinski definition) is 4. The van der Waals surface area contributed by atoms with Crippen LogP contribution < -0.4 is 0 Å². The van der Waals surface area contributed by atoms with E-state index in [1.807, 2.05) is 0 Å². The van der Waals surface area contributed by atoms with E-state index in [0.29, 0.717) is 11.7 Å². The summed E-state index contributed by atoms with van der Waals surface area (Å²) in [6.45, 7) is 1.47. The van der Waals surface area contributed by atoms with Gasteiger partial charge in [0.1, 0.15) is 0 Å². The lowest BCUT2D eigenvalue weighted by atomic mass is 10.1. The monoisotopic (exact) mass is 211 g/mol. The standard InChI is InChI=1S/C9H13N3O3/c13-9(14)5-7-6-12(11-10-7)8-1-3-15-4-2-8/h6,8H,1-5H2,(H,13,14). The molecule has 1 fully saturated rings. The van der Waals surface area contributed by atoms with Gasteiger partial charge in [-0.15, -0.1) is 5.10 Å². The summed E-state index contributed by atoms with van der Waals surface area (Å²) in [4.78, 5) is 10.5. The fourth-order valence-electron chi connectivity index (χ4n) is 1.68. The zero-order valence-electron chi connectivity index (χ0n) is 8.30. The van der Waals surface area contributed by atoms with Gasteiger partial charge in [0.05, 0.1) is 18.2 Å². The Hall–Kier alpha value is -1.43. The van der Waals surface area contributed by atoms with Crippen LogP contribution in [0.4, 0.5) is 0 Å². The van der Waals surface area contributed by atoms with Gasteiger partial charge in [-0.1, -0.05) is 5.21 Å². The lowest BCUT2D eigenvalue weighted by Gasteiger charge is -2.21. The molecule has 1 aliphatic rings. The summed E-state index contributed by atoms with van der Waals surface area (Å²) in [6.07, 6.45) is 3.47. The number of ether oxygens (including phenoxy) is 1. The highest BCUT2D eigenvalue weighted by Crippen LogP contribution is 2.19. The van der Waals surface area contributed by atoms with Crippen LogP contribution in [0.2, 0.25) is 0 Å². The third kappa shape index (κ3) is 2.53. The van der Waals surface area contributed by atoms with Crippen molar-refractivity contribution in [1.29, 1.82) is 0 Å². The molecule has 15 heavy (non-hydrogen) atoms. The predicted molar refractivity (Wildman–Crippen MR) is 50.5 cm³/mol. The number of carbonyl (C=O) groups is 1. The second-order valence-corrected chi connectivity index (χ2v) is 3.60. The Kier molecular flexibility index (Phi) is 2.96. The molecule has 6 heteroatoms. The molecular weight excluding hydrogens is 198 g/mol. The molecule has 0 saturated carbocycles. The van der Waals surface area contributed by atoms with Crippen LogP contribution in [0.1, 0.15) is 24.6 Å². The maximum absolute atomic E-state index is 10.5. The first kappa shape index (κ1) is 10.1. The SMILES string of the molecule is O=C(O)Cc1cn(C2CCOCC2)nn1. The van der Waals surface area contributed by atoms with Crippen LogP contribution in [0.3, 0.4) is 0 Å². The Morgan fingerprint density at radius 2 is 2.33 bits per heavy atom. The van der Waals surface area contributed by atoms with E-state index in [9.17, 15) is 4.79 Å². The van der Waals surface area contributed by atoms with Crippen LogP contribution >= 0.6 is 0 Å². The van der Waals surface area contributed by atoms with Crippen LogP contribution in [0.15, 0.2) is 6.20 Å². The van der Waals surface area contributed by atoms with Gasteiger partial charge < -0.3 is 9.84 Å². The van der Waals surface area contributed by atoms with Gasteiger partial charge in [-0.2, -0.15) is 0 Å². The zero-order chi connectivity index (χ0) is 10.7. The fraction of sp³-hybridized carbons (Fsp3) is 0.667. The van der Waals surface area contributed by atoms with Gasteiger partial charge in [0.2, 0.25) is 0 Å². The molecule has 0 aliphatic carbocycles. The minimum atomic E-state index is -0.881. The maximum Gasteiger partial charge on any atom is 0.309 e. The predicted octanol–water partition coefficient (Wildman–Crippen LogP) is 0.257. The summed E-state index contributed by atoms with van der Waals surface area (Å²) in [5, 5.41) is 16.4. The molecule has 1 aromatic rings. The second kappa shape index (κ2) is 4.39. The summed E-state index contributed by atoms with van der Waals surface area (Å²) in [5.41, 5.74) is 0.508. The molecule has 6 nitrogen and oxygen atoms in total. The molecule has 82 valence electrons. The molecule has 0 spiro atoms. The lowest BCUT2D eigenvalue weighted by molar-refractivity contribution is -0.136. The molecule has 0 aromatic carbocycles. The van der Waals surface area contributed by atoms with Crippen LogP contribution in [0, 0.1) is 0 Å². The van der Waals surface area contributed by atoms with Crippen LogP contribution in [-0.4, -0.2) is 39.3 Å². The van der Waals surface area contributed by atoms with Crippen molar-refractivity contribution in [3.8, 4) is 0 Å². The van der Waals surface area contributed by atoms with Crippen molar-refractivity contribution in [2.24, 2.45) is 0 Å². The van der Waals surface area contributed by atoms with Crippen LogP contribution in [0.25, 0.3) is 0 Å². The summed E-state index contributed by atoms with van der Waals surface area (Å²) in [7, 11) is 0. The normalized spacial score (nSPS) is 17.9. The van der Waals surface area contributed by atoms with Crippen molar-refractivity contribution < 1.29 is 14.6 Å². The molecular formula is C9H13N3O3. The Bertz CT molecular complexity index is 344. The number of hydrogen-bond donors (Lipinski definition) is 1. The van der Waals surface area contributed by atoms with E-state index in [4.69, 9.17) is 9.84 Å². The Morgan fingerprint density at radius 3 is 3.00 bits per heavy atom. The van der Waals surface area contributed by atoms with E-state index in [1.165, 1.54) is 0 Å². The highest BCUT2D eigenvalue weighted by Gasteiger charge is 2.17. The van der Waals surface area contributed by atoms with E-state index in [2.05, 4.69) is 10.3 Å². The molecule has 1 aromatic heterocycles. The molecule has 0 radical (unpaired) electrons. The first-order valence-electron chi connectivity index (χ1n) is 4.96. The fourth-order valence-corrected chi connectivity index (χ4v) is 1.68. The number of carboxylic acids is 1. The topological polar surface area (TPSA) is 77.2 Å². The maximum atomic E-state index is 10.5. The van der Waals surface area contributed by atoms with Gasteiger partial charge in [-0.25, -0.2) is 4.68 Å².